The average molecular weight is 177 g/mol. The third-order valence-electron chi connectivity index (χ3n) is 2.26. The average Bonchev–Trinajstić information content (AvgIpc) is 2.09. The lowest BCUT2D eigenvalue weighted by Crippen LogP contribution is -2.15. The lowest BCUT2D eigenvalue weighted by atomic mass is 10.0. The van der Waals surface area contributed by atoms with Crippen LogP contribution in [0.15, 0.2) is 12.1 Å². The van der Waals surface area contributed by atoms with Gasteiger partial charge in [0.1, 0.15) is 5.75 Å². The van der Waals surface area contributed by atoms with E-state index in [2.05, 4.69) is 0 Å². The van der Waals surface area contributed by atoms with Crippen LogP contribution in [0.2, 0.25) is 0 Å². The van der Waals surface area contributed by atoms with Gasteiger partial charge in [-0.2, -0.15) is 0 Å². The zero-order chi connectivity index (χ0) is 9.42. The van der Waals surface area contributed by atoms with Crippen LogP contribution < -0.4 is 10.5 Å². The maximum absolute atomic E-state index is 11.4. The zero-order valence-corrected chi connectivity index (χ0v) is 7.46. The molecule has 13 heavy (non-hydrogen) atoms. The molecule has 1 aromatic rings. The van der Waals surface area contributed by atoms with Crippen LogP contribution in [0.25, 0.3) is 0 Å². The fraction of sp³-hybridized carbons (Fsp3) is 0.300. The number of Topliss-reactive ketones (excluding diaryl/α,β-unsaturated/α-hetero) is 1. The fourth-order valence-electron chi connectivity index (χ4n) is 1.42. The van der Waals surface area contributed by atoms with Gasteiger partial charge in [0.2, 0.25) is 0 Å². The molecule has 0 radical (unpaired) electrons. The number of hydrogen-bond acceptors (Lipinski definition) is 3. The molecule has 1 aromatic carbocycles. The molecule has 0 aliphatic carbocycles. The summed E-state index contributed by atoms with van der Waals surface area (Å²) in [5, 5.41) is 0. The molecule has 0 bridgehead atoms. The molecule has 1 heterocycles. The van der Waals surface area contributed by atoms with Crippen molar-refractivity contribution in [3.05, 3.63) is 23.3 Å². The summed E-state index contributed by atoms with van der Waals surface area (Å²) in [6.45, 7) is 2.38. The summed E-state index contributed by atoms with van der Waals surface area (Å²) in [5.41, 5.74) is 7.92. The highest BCUT2D eigenvalue weighted by Crippen LogP contribution is 2.28. The number of hydrogen-bond donors (Lipinski definition) is 1. The zero-order valence-electron chi connectivity index (χ0n) is 7.46. The van der Waals surface area contributed by atoms with E-state index in [-0.39, 0.29) is 5.78 Å². The van der Waals surface area contributed by atoms with E-state index in [1.54, 1.807) is 6.07 Å². The van der Waals surface area contributed by atoms with Crippen molar-refractivity contribution in [2.45, 2.75) is 13.3 Å². The lowest BCUT2D eigenvalue weighted by molar-refractivity contribution is 0.0933. The number of nitrogens with two attached hydrogens (primary N) is 1. The standard InChI is InChI=1S/C10H11NO2/c1-6-4-10-7(5-8(6)11)9(12)2-3-13-10/h4-5H,2-3,11H2,1H3. The van der Waals surface area contributed by atoms with Gasteiger partial charge in [0.05, 0.1) is 12.2 Å². The highest BCUT2D eigenvalue weighted by Gasteiger charge is 2.19. The van der Waals surface area contributed by atoms with Gasteiger partial charge >= 0.3 is 0 Å². The Labute approximate surface area is 76.5 Å². The van der Waals surface area contributed by atoms with Crippen LogP contribution in [0, 0.1) is 6.92 Å². The molecule has 0 atom stereocenters. The number of aryl methyl sites for hydroxylation is 1. The Hall–Kier alpha value is -1.51. The Morgan fingerprint density at radius 3 is 3.00 bits per heavy atom. The molecule has 3 nitrogen and oxygen atoms in total. The molecule has 3 heteroatoms. The van der Waals surface area contributed by atoms with Crippen molar-refractivity contribution < 1.29 is 9.53 Å². The Morgan fingerprint density at radius 1 is 1.46 bits per heavy atom. The van der Waals surface area contributed by atoms with E-state index in [1.165, 1.54) is 0 Å². The Morgan fingerprint density at radius 2 is 2.23 bits per heavy atom. The molecule has 0 fully saturated rings. The number of rotatable bonds is 0. The largest absolute Gasteiger partial charge is 0.492 e. The molecule has 0 amide bonds. The van der Waals surface area contributed by atoms with Crippen molar-refractivity contribution in [3.63, 3.8) is 0 Å². The van der Waals surface area contributed by atoms with Gasteiger partial charge in [-0.25, -0.2) is 0 Å². The highest BCUT2D eigenvalue weighted by molar-refractivity contribution is 6.00. The minimum Gasteiger partial charge on any atom is -0.492 e. The highest BCUT2D eigenvalue weighted by atomic mass is 16.5. The molecule has 0 saturated heterocycles. The summed E-state index contributed by atoms with van der Waals surface area (Å²) in [6.07, 6.45) is 0.454. The number of anilines is 1. The van der Waals surface area contributed by atoms with Gasteiger partial charge in [-0.1, -0.05) is 0 Å². The molecule has 1 aliphatic heterocycles. The normalized spacial score (nSPS) is 15.0. The Balaban J connectivity index is 2.58. The predicted octanol–water partition coefficient (Wildman–Crippen LogP) is 1.54. The number of ketones is 1. The summed E-state index contributed by atoms with van der Waals surface area (Å²) in [4.78, 5) is 11.4. The van der Waals surface area contributed by atoms with E-state index in [0.717, 1.165) is 5.56 Å². The van der Waals surface area contributed by atoms with Gasteiger partial charge in [0.15, 0.2) is 5.78 Å². The maximum Gasteiger partial charge on any atom is 0.170 e. The summed E-state index contributed by atoms with van der Waals surface area (Å²) < 4.78 is 5.35. The summed E-state index contributed by atoms with van der Waals surface area (Å²) in [6, 6.07) is 3.52. The predicted molar refractivity (Wildman–Crippen MR) is 50.0 cm³/mol. The number of benzene rings is 1. The molecular formula is C10H11NO2. The minimum atomic E-state index is 0.118. The van der Waals surface area contributed by atoms with Gasteiger partial charge in [0.25, 0.3) is 0 Å². The van der Waals surface area contributed by atoms with E-state index in [9.17, 15) is 4.79 Å². The fourth-order valence-corrected chi connectivity index (χ4v) is 1.42. The number of carbonyl (C=O) groups is 1. The lowest BCUT2D eigenvalue weighted by Gasteiger charge is -2.17. The van der Waals surface area contributed by atoms with E-state index >= 15 is 0 Å². The Bertz CT molecular complexity index is 371. The maximum atomic E-state index is 11.4. The van der Waals surface area contributed by atoms with Gasteiger partial charge in [0, 0.05) is 12.1 Å². The molecule has 1 aliphatic rings. The minimum absolute atomic E-state index is 0.118. The van der Waals surface area contributed by atoms with E-state index in [4.69, 9.17) is 10.5 Å². The second-order valence-corrected chi connectivity index (χ2v) is 3.23. The third-order valence-corrected chi connectivity index (χ3v) is 2.26. The topological polar surface area (TPSA) is 52.3 Å². The third kappa shape index (κ3) is 1.26. The molecule has 0 saturated carbocycles. The Kier molecular flexibility index (Phi) is 1.72. The number of ether oxygens (including phenoxy) is 1. The van der Waals surface area contributed by atoms with Crippen molar-refractivity contribution >= 4 is 11.5 Å². The van der Waals surface area contributed by atoms with E-state index in [1.807, 2.05) is 13.0 Å². The second kappa shape index (κ2) is 2.76. The first-order chi connectivity index (χ1) is 6.18. The monoisotopic (exact) mass is 177 g/mol. The number of nitrogen functional groups attached to an aromatic ring is 1. The van der Waals surface area contributed by atoms with Crippen molar-refractivity contribution in [3.8, 4) is 5.75 Å². The number of fused-ring (bicyclic) bond motifs is 1. The summed E-state index contributed by atoms with van der Waals surface area (Å²) in [7, 11) is 0. The molecular weight excluding hydrogens is 166 g/mol. The van der Waals surface area contributed by atoms with Crippen LogP contribution in [0.1, 0.15) is 22.3 Å². The van der Waals surface area contributed by atoms with Crippen LogP contribution in [0.5, 0.6) is 5.75 Å². The molecule has 0 spiro atoms. The van der Waals surface area contributed by atoms with Crippen molar-refractivity contribution in [1.29, 1.82) is 0 Å². The van der Waals surface area contributed by atoms with Crippen LogP contribution in [0.4, 0.5) is 5.69 Å². The first-order valence-corrected chi connectivity index (χ1v) is 4.24. The molecule has 68 valence electrons. The van der Waals surface area contributed by atoms with E-state index < -0.39 is 0 Å². The molecule has 0 aromatic heterocycles. The second-order valence-electron chi connectivity index (χ2n) is 3.23. The first-order valence-electron chi connectivity index (χ1n) is 4.24. The summed E-state index contributed by atoms with van der Waals surface area (Å²) in [5.74, 6) is 0.788. The first kappa shape index (κ1) is 8.10. The smallest absolute Gasteiger partial charge is 0.170 e. The van der Waals surface area contributed by atoms with Crippen LogP contribution >= 0.6 is 0 Å². The number of carbonyl (C=O) groups excluding carboxylic acids is 1. The van der Waals surface area contributed by atoms with Crippen molar-refractivity contribution in [1.82, 2.24) is 0 Å². The van der Waals surface area contributed by atoms with Gasteiger partial charge in [-0.05, 0) is 24.6 Å². The van der Waals surface area contributed by atoms with Crippen molar-refractivity contribution in [2.24, 2.45) is 0 Å². The van der Waals surface area contributed by atoms with Crippen LogP contribution in [0.3, 0.4) is 0 Å². The van der Waals surface area contributed by atoms with Crippen LogP contribution in [-0.2, 0) is 0 Å². The van der Waals surface area contributed by atoms with Gasteiger partial charge in [-0.3, -0.25) is 4.79 Å². The van der Waals surface area contributed by atoms with Gasteiger partial charge in [-0.15, -0.1) is 0 Å². The van der Waals surface area contributed by atoms with E-state index in [0.29, 0.717) is 30.0 Å². The quantitative estimate of drug-likeness (QED) is 0.611. The molecule has 0 unspecified atom stereocenters. The SMILES string of the molecule is Cc1cc2c(cc1N)C(=O)CCO2. The molecule has 2 N–H and O–H groups in total. The van der Waals surface area contributed by atoms with Gasteiger partial charge < -0.3 is 10.5 Å². The van der Waals surface area contributed by atoms with Crippen molar-refractivity contribution in [2.75, 3.05) is 12.3 Å². The van der Waals surface area contributed by atoms with Crippen LogP contribution in [-0.4, -0.2) is 12.4 Å². The summed E-state index contributed by atoms with van der Waals surface area (Å²) >= 11 is 0. The molecule has 2 rings (SSSR count).